The van der Waals surface area contributed by atoms with E-state index in [1.807, 2.05) is 28.4 Å². The number of nitriles is 1. The summed E-state index contributed by atoms with van der Waals surface area (Å²) in [4.78, 5) is 0. The first-order chi connectivity index (χ1) is 12.1. The fraction of sp³-hybridized carbons (Fsp3) is 0.158. The number of nitrogens with zero attached hydrogens (tertiary/aromatic N) is 3. The number of thiophene rings is 1. The van der Waals surface area contributed by atoms with E-state index in [2.05, 4.69) is 12.6 Å². The van der Waals surface area contributed by atoms with Gasteiger partial charge in [0.05, 0.1) is 29.7 Å². The first-order valence-electron chi connectivity index (χ1n) is 7.69. The lowest BCUT2D eigenvalue weighted by Gasteiger charge is -2.21. The van der Waals surface area contributed by atoms with Gasteiger partial charge in [-0.15, -0.1) is 0 Å². The Labute approximate surface area is 149 Å². The maximum absolute atomic E-state index is 9.44. The second-order valence-corrected chi connectivity index (χ2v) is 6.58. The zero-order valence-electron chi connectivity index (χ0n) is 13.9. The van der Waals surface area contributed by atoms with Crippen molar-refractivity contribution in [3.05, 3.63) is 52.4 Å². The van der Waals surface area contributed by atoms with Crippen LogP contribution in [0.1, 0.15) is 23.7 Å². The smallest absolute Gasteiger partial charge is 0.140 e. The molecule has 1 aromatic carbocycles. The fourth-order valence-corrected chi connectivity index (χ4v) is 3.66. The topological polar surface area (TPSA) is 60.1 Å². The van der Waals surface area contributed by atoms with Crippen LogP contribution in [-0.2, 0) is 6.61 Å². The molecule has 0 N–H and O–H groups in total. The van der Waals surface area contributed by atoms with E-state index in [-0.39, 0.29) is 0 Å². The largest absolute Gasteiger partial charge is 0.495 e. The van der Waals surface area contributed by atoms with Crippen LogP contribution in [0.2, 0.25) is 0 Å². The third-order valence-electron chi connectivity index (χ3n) is 4.19. The number of hydrogen-bond donors (Lipinski definition) is 0. The number of rotatable bonds is 3. The van der Waals surface area contributed by atoms with Gasteiger partial charge in [0.25, 0.3) is 0 Å². The van der Waals surface area contributed by atoms with Gasteiger partial charge in [0, 0.05) is 22.6 Å². The molecule has 5 nitrogen and oxygen atoms in total. The lowest BCUT2D eigenvalue weighted by Crippen LogP contribution is -2.09. The summed E-state index contributed by atoms with van der Waals surface area (Å²) in [5.74, 6) is 1.19. The molecular weight excluding hydrogens is 334 g/mol. The first kappa shape index (κ1) is 15.5. The van der Waals surface area contributed by atoms with E-state index in [1.165, 1.54) is 0 Å². The van der Waals surface area contributed by atoms with Gasteiger partial charge in [0.2, 0.25) is 0 Å². The van der Waals surface area contributed by atoms with Gasteiger partial charge in [-0.1, -0.05) is 6.58 Å². The van der Waals surface area contributed by atoms with Crippen molar-refractivity contribution < 1.29 is 9.47 Å². The predicted octanol–water partition coefficient (Wildman–Crippen LogP) is 4.41. The van der Waals surface area contributed by atoms with Crippen LogP contribution in [0.4, 0.5) is 0 Å². The highest BCUT2D eigenvalue weighted by atomic mass is 32.1. The second-order valence-electron chi connectivity index (χ2n) is 5.80. The van der Waals surface area contributed by atoms with Crippen molar-refractivity contribution in [3.8, 4) is 34.5 Å². The standard InChI is InChI=1S/C19H15N3O2S/c1-11(2)18-15-9-24-17-7-16(23-3)12(8-20)6-14(17)19(15)22(21-18)13-4-5-25-10-13/h4-7,10H,1,9H2,2-3H3. The molecule has 2 aromatic heterocycles. The summed E-state index contributed by atoms with van der Waals surface area (Å²) < 4.78 is 13.1. The van der Waals surface area contributed by atoms with Gasteiger partial charge in [-0.25, -0.2) is 4.68 Å². The molecule has 1 aliphatic rings. The Hall–Kier alpha value is -3.04. The molecule has 4 rings (SSSR count). The Morgan fingerprint density at radius 1 is 1.48 bits per heavy atom. The van der Waals surface area contributed by atoms with Crippen molar-refractivity contribution in [3.63, 3.8) is 0 Å². The van der Waals surface area contributed by atoms with Gasteiger partial charge in [-0.3, -0.25) is 0 Å². The highest BCUT2D eigenvalue weighted by molar-refractivity contribution is 7.08. The molecule has 0 atom stereocenters. The first-order valence-corrected chi connectivity index (χ1v) is 8.64. The third kappa shape index (κ3) is 2.32. The molecule has 0 unspecified atom stereocenters. The molecule has 0 saturated carbocycles. The minimum absolute atomic E-state index is 0.406. The average molecular weight is 349 g/mol. The normalized spacial score (nSPS) is 11.9. The molecule has 0 aliphatic carbocycles. The van der Waals surface area contributed by atoms with E-state index in [0.29, 0.717) is 23.7 Å². The van der Waals surface area contributed by atoms with Crippen LogP contribution >= 0.6 is 11.3 Å². The number of benzene rings is 1. The summed E-state index contributed by atoms with van der Waals surface area (Å²) >= 11 is 1.61. The number of fused-ring (bicyclic) bond motifs is 3. The van der Waals surface area contributed by atoms with Crippen LogP contribution < -0.4 is 9.47 Å². The second kappa shape index (κ2) is 5.80. The zero-order valence-corrected chi connectivity index (χ0v) is 14.7. The quantitative estimate of drug-likeness (QED) is 0.703. The molecule has 25 heavy (non-hydrogen) atoms. The van der Waals surface area contributed by atoms with Gasteiger partial charge < -0.3 is 9.47 Å². The Kier molecular flexibility index (Phi) is 3.59. The van der Waals surface area contributed by atoms with Gasteiger partial charge in [0.15, 0.2) is 0 Å². The summed E-state index contributed by atoms with van der Waals surface area (Å²) in [6.07, 6.45) is 0. The molecule has 0 fully saturated rings. The maximum atomic E-state index is 9.44. The average Bonchev–Trinajstić information content (AvgIpc) is 3.27. The summed E-state index contributed by atoms with van der Waals surface area (Å²) in [6, 6.07) is 7.77. The van der Waals surface area contributed by atoms with E-state index >= 15 is 0 Å². The van der Waals surface area contributed by atoms with Crippen LogP contribution in [0.5, 0.6) is 11.5 Å². The molecule has 124 valence electrons. The Bertz CT molecular complexity index is 1030. The molecule has 0 spiro atoms. The van der Waals surface area contributed by atoms with Crippen molar-refractivity contribution in [1.82, 2.24) is 9.78 Å². The van der Waals surface area contributed by atoms with Crippen LogP contribution in [0, 0.1) is 11.3 Å². The van der Waals surface area contributed by atoms with E-state index in [0.717, 1.165) is 33.8 Å². The van der Waals surface area contributed by atoms with Gasteiger partial charge in [0.1, 0.15) is 24.2 Å². The number of hydrogen-bond acceptors (Lipinski definition) is 5. The SMILES string of the molecule is C=C(C)c1nn(-c2ccsc2)c2c1COc1cc(OC)c(C#N)cc1-2. The van der Waals surface area contributed by atoms with E-state index in [4.69, 9.17) is 14.6 Å². The molecule has 0 saturated heterocycles. The highest BCUT2D eigenvalue weighted by Crippen LogP contribution is 2.44. The molecule has 0 amide bonds. The van der Waals surface area contributed by atoms with Crippen molar-refractivity contribution in [2.24, 2.45) is 0 Å². The van der Waals surface area contributed by atoms with E-state index in [9.17, 15) is 5.26 Å². The minimum atomic E-state index is 0.406. The maximum Gasteiger partial charge on any atom is 0.140 e. The number of allylic oxidation sites excluding steroid dienone is 1. The van der Waals surface area contributed by atoms with Gasteiger partial charge in [-0.05, 0) is 30.0 Å². The van der Waals surface area contributed by atoms with Crippen molar-refractivity contribution >= 4 is 16.9 Å². The van der Waals surface area contributed by atoms with Crippen molar-refractivity contribution in [1.29, 1.82) is 5.26 Å². The molecule has 6 heteroatoms. The summed E-state index contributed by atoms with van der Waals surface area (Å²) in [5.41, 5.74) is 5.93. The predicted molar refractivity (Wildman–Crippen MR) is 97.2 cm³/mol. The number of aromatic nitrogens is 2. The van der Waals surface area contributed by atoms with E-state index in [1.54, 1.807) is 30.6 Å². The Morgan fingerprint density at radius 3 is 2.96 bits per heavy atom. The van der Waals surface area contributed by atoms with Crippen LogP contribution in [-0.4, -0.2) is 16.9 Å². The zero-order chi connectivity index (χ0) is 17.6. The number of methoxy groups -OCH3 is 1. The van der Waals surface area contributed by atoms with Gasteiger partial charge in [-0.2, -0.15) is 21.7 Å². The molecule has 0 radical (unpaired) electrons. The van der Waals surface area contributed by atoms with Crippen LogP contribution in [0.25, 0.3) is 22.5 Å². The summed E-state index contributed by atoms with van der Waals surface area (Å²) in [6.45, 7) is 6.39. The molecular formula is C19H15N3O2S. The van der Waals surface area contributed by atoms with Crippen LogP contribution in [0.3, 0.4) is 0 Å². The molecule has 0 bridgehead atoms. The van der Waals surface area contributed by atoms with Crippen molar-refractivity contribution in [2.75, 3.05) is 7.11 Å². The lowest BCUT2D eigenvalue weighted by atomic mass is 9.98. The fourth-order valence-electron chi connectivity index (χ4n) is 3.04. The third-order valence-corrected chi connectivity index (χ3v) is 4.86. The Balaban J connectivity index is 2.04. The molecule has 1 aliphatic heterocycles. The van der Waals surface area contributed by atoms with Crippen LogP contribution in [0.15, 0.2) is 35.5 Å². The summed E-state index contributed by atoms with van der Waals surface area (Å²) in [7, 11) is 1.55. The molecule has 3 aromatic rings. The van der Waals surface area contributed by atoms with E-state index < -0.39 is 0 Å². The highest BCUT2D eigenvalue weighted by Gasteiger charge is 2.28. The minimum Gasteiger partial charge on any atom is -0.495 e. The van der Waals surface area contributed by atoms with Gasteiger partial charge >= 0.3 is 0 Å². The monoisotopic (exact) mass is 349 g/mol. The number of ether oxygens (including phenoxy) is 2. The molecule has 3 heterocycles. The lowest BCUT2D eigenvalue weighted by molar-refractivity contribution is 0.299. The van der Waals surface area contributed by atoms with Crippen molar-refractivity contribution in [2.45, 2.75) is 13.5 Å². The Morgan fingerprint density at radius 2 is 2.32 bits per heavy atom. The summed E-state index contributed by atoms with van der Waals surface area (Å²) in [5, 5.41) is 18.3.